The molecule has 116 valence electrons. The van der Waals surface area contributed by atoms with E-state index < -0.39 is 7.22 Å². The van der Waals surface area contributed by atoms with Crippen molar-refractivity contribution in [2.45, 2.75) is 24.5 Å². The molecule has 0 radical (unpaired) electrons. The second-order valence-electron chi connectivity index (χ2n) is 6.51. The summed E-state index contributed by atoms with van der Waals surface area (Å²) < 4.78 is 0. The summed E-state index contributed by atoms with van der Waals surface area (Å²) in [5, 5.41) is 2.53. The van der Waals surface area contributed by atoms with Gasteiger partial charge in [-0.1, -0.05) is 74.2 Å². The van der Waals surface area contributed by atoms with E-state index in [0.717, 1.165) is 11.3 Å². The Hall–Kier alpha value is -1.84. The fourth-order valence-corrected chi connectivity index (χ4v) is 6.11. The Labute approximate surface area is 143 Å². The van der Waals surface area contributed by atoms with Crippen LogP contribution in [0.15, 0.2) is 76.6 Å². The molecule has 0 N–H and O–H groups in total. The monoisotopic (exact) mass is 335 g/mol. The molecule has 0 aliphatic heterocycles. The van der Waals surface area contributed by atoms with Gasteiger partial charge in [-0.25, -0.2) is 0 Å². The van der Waals surface area contributed by atoms with Crippen LogP contribution in [0.3, 0.4) is 0 Å². The summed E-state index contributed by atoms with van der Waals surface area (Å²) in [6.45, 7) is 7.14. The third-order valence-corrected chi connectivity index (χ3v) is 7.08. The van der Waals surface area contributed by atoms with Crippen molar-refractivity contribution in [3.05, 3.63) is 72.3 Å². The molecule has 23 heavy (non-hydrogen) atoms. The van der Waals surface area contributed by atoms with Crippen molar-refractivity contribution in [2.24, 2.45) is 4.99 Å². The first-order chi connectivity index (χ1) is 11.0. The Morgan fingerprint density at radius 1 is 0.826 bits per heavy atom. The van der Waals surface area contributed by atoms with Crippen LogP contribution >= 0.6 is 11.2 Å². The molecule has 3 aromatic rings. The van der Waals surface area contributed by atoms with E-state index in [1.165, 1.54) is 15.7 Å². The summed E-state index contributed by atoms with van der Waals surface area (Å²) >= 11 is 2.03. The highest BCUT2D eigenvalue weighted by molar-refractivity contribution is 8.28. The van der Waals surface area contributed by atoms with Crippen molar-refractivity contribution < 1.29 is 0 Å². The number of rotatable bonds is 4. The Morgan fingerprint density at radius 3 is 2.22 bits per heavy atom. The van der Waals surface area contributed by atoms with Gasteiger partial charge >= 0.3 is 0 Å². The van der Waals surface area contributed by atoms with Gasteiger partial charge in [-0.2, -0.15) is 11.2 Å². The Balaban J connectivity index is 2.08. The second kappa shape index (κ2) is 6.73. The van der Waals surface area contributed by atoms with Crippen LogP contribution in [0.5, 0.6) is 0 Å². The lowest BCUT2D eigenvalue weighted by Crippen LogP contribution is -2.13. The SMILES string of the molecule is C[Si](C)(C)Sc1cccc2cccc(/N=C\c3ccccc3)c12. The largest absolute Gasteiger partial charge is 0.256 e. The predicted octanol–water partition coefficient (Wildman–Crippen LogP) is 6.52. The van der Waals surface area contributed by atoms with E-state index in [9.17, 15) is 0 Å². The van der Waals surface area contributed by atoms with Crippen LogP contribution in [0.25, 0.3) is 10.8 Å². The first-order valence-corrected chi connectivity index (χ1v) is 12.9. The Kier molecular flexibility index (Phi) is 4.69. The number of nitrogens with zero attached hydrogens (tertiary/aromatic N) is 1. The van der Waals surface area contributed by atoms with Gasteiger partial charge < -0.3 is 0 Å². The lowest BCUT2D eigenvalue weighted by molar-refractivity contribution is 1.50. The number of aliphatic imine (C=N–C) groups is 1. The molecule has 0 saturated carbocycles. The zero-order valence-electron chi connectivity index (χ0n) is 13.8. The standard InChI is InChI=1S/C20H21NSSi/c1-23(2,3)22-19-14-8-12-17-11-7-13-18(20(17)19)21-15-16-9-5-4-6-10-16/h4-15H,1-3H3/b21-15-. The van der Waals surface area contributed by atoms with Crippen molar-refractivity contribution in [2.75, 3.05) is 0 Å². The van der Waals surface area contributed by atoms with E-state index in [0.29, 0.717) is 0 Å². The van der Waals surface area contributed by atoms with E-state index >= 15 is 0 Å². The number of benzene rings is 3. The highest BCUT2D eigenvalue weighted by Crippen LogP contribution is 2.38. The van der Waals surface area contributed by atoms with Gasteiger partial charge in [0.1, 0.15) is 7.22 Å². The highest BCUT2D eigenvalue weighted by Gasteiger charge is 2.17. The fourth-order valence-electron chi connectivity index (χ4n) is 2.49. The lowest BCUT2D eigenvalue weighted by atomic mass is 10.1. The van der Waals surface area contributed by atoms with Gasteiger partial charge in [0.2, 0.25) is 0 Å². The molecule has 0 fully saturated rings. The minimum absolute atomic E-state index is 1.05. The second-order valence-corrected chi connectivity index (χ2v) is 15.7. The van der Waals surface area contributed by atoms with Crippen LogP contribution in [-0.4, -0.2) is 13.4 Å². The molecule has 3 aromatic carbocycles. The van der Waals surface area contributed by atoms with Crippen molar-refractivity contribution in [1.82, 2.24) is 0 Å². The van der Waals surface area contributed by atoms with Crippen LogP contribution in [0.4, 0.5) is 5.69 Å². The van der Waals surface area contributed by atoms with Gasteiger partial charge in [0.05, 0.1) is 5.69 Å². The van der Waals surface area contributed by atoms with E-state index in [1.807, 2.05) is 35.6 Å². The summed E-state index contributed by atoms with van der Waals surface area (Å²) in [7, 11) is -1.26. The lowest BCUT2D eigenvalue weighted by Gasteiger charge is -2.17. The number of hydrogen-bond donors (Lipinski definition) is 0. The smallest absolute Gasteiger partial charge is 0.114 e. The van der Waals surface area contributed by atoms with Gasteiger partial charge in [-0.15, -0.1) is 0 Å². The summed E-state index contributed by atoms with van der Waals surface area (Å²) in [6, 6.07) is 23.2. The zero-order valence-corrected chi connectivity index (χ0v) is 15.6. The summed E-state index contributed by atoms with van der Waals surface area (Å²) in [4.78, 5) is 6.12. The van der Waals surface area contributed by atoms with E-state index in [2.05, 4.69) is 68.2 Å². The van der Waals surface area contributed by atoms with Crippen molar-refractivity contribution in [3.63, 3.8) is 0 Å². The minimum atomic E-state index is -1.26. The molecule has 0 saturated heterocycles. The molecule has 0 atom stereocenters. The Bertz CT molecular complexity index is 830. The van der Waals surface area contributed by atoms with Crippen molar-refractivity contribution >= 4 is 41.1 Å². The van der Waals surface area contributed by atoms with E-state index in [-0.39, 0.29) is 0 Å². The normalized spacial score (nSPS) is 12.1. The van der Waals surface area contributed by atoms with Gasteiger partial charge in [-0.3, -0.25) is 4.99 Å². The van der Waals surface area contributed by atoms with Gasteiger partial charge in [0.25, 0.3) is 0 Å². The summed E-state index contributed by atoms with van der Waals surface area (Å²) in [5.41, 5.74) is 2.17. The third kappa shape index (κ3) is 4.12. The molecule has 0 aliphatic carbocycles. The number of fused-ring (bicyclic) bond motifs is 1. The summed E-state index contributed by atoms with van der Waals surface area (Å²) in [5.74, 6) is 0. The van der Waals surface area contributed by atoms with E-state index in [1.54, 1.807) is 0 Å². The van der Waals surface area contributed by atoms with Gasteiger partial charge in [0, 0.05) is 16.5 Å². The maximum Gasteiger partial charge on any atom is 0.114 e. The van der Waals surface area contributed by atoms with Gasteiger partial charge in [-0.05, 0) is 23.1 Å². The molecule has 3 rings (SSSR count). The Morgan fingerprint density at radius 2 is 1.52 bits per heavy atom. The van der Waals surface area contributed by atoms with Crippen LogP contribution in [0.1, 0.15) is 5.56 Å². The van der Waals surface area contributed by atoms with Crippen LogP contribution in [0, 0.1) is 0 Å². The number of hydrogen-bond acceptors (Lipinski definition) is 2. The molecule has 0 unspecified atom stereocenters. The molecule has 1 nitrogen and oxygen atoms in total. The fraction of sp³-hybridized carbons (Fsp3) is 0.150. The zero-order chi connectivity index (χ0) is 16.3. The van der Waals surface area contributed by atoms with Crippen molar-refractivity contribution in [3.8, 4) is 0 Å². The van der Waals surface area contributed by atoms with Crippen LogP contribution in [0.2, 0.25) is 19.6 Å². The highest BCUT2D eigenvalue weighted by atomic mass is 32.4. The maximum atomic E-state index is 4.77. The average molecular weight is 336 g/mol. The molecular formula is C20H21NSSi. The van der Waals surface area contributed by atoms with E-state index in [4.69, 9.17) is 4.99 Å². The quantitative estimate of drug-likeness (QED) is 0.390. The molecule has 0 heterocycles. The molecule has 0 aromatic heterocycles. The van der Waals surface area contributed by atoms with Crippen LogP contribution in [-0.2, 0) is 0 Å². The maximum absolute atomic E-state index is 4.77. The molecule has 0 bridgehead atoms. The summed E-state index contributed by atoms with van der Waals surface area (Å²) in [6.07, 6.45) is 1.95. The first-order valence-electron chi connectivity index (χ1n) is 7.83. The molecule has 3 heteroatoms. The van der Waals surface area contributed by atoms with Gasteiger partial charge in [0.15, 0.2) is 0 Å². The molecule has 0 amide bonds. The predicted molar refractivity (Wildman–Crippen MR) is 107 cm³/mol. The minimum Gasteiger partial charge on any atom is -0.256 e. The third-order valence-electron chi connectivity index (χ3n) is 3.41. The van der Waals surface area contributed by atoms with Crippen molar-refractivity contribution in [1.29, 1.82) is 0 Å². The molecule has 0 aliphatic rings. The topological polar surface area (TPSA) is 12.4 Å². The molecular weight excluding hydrogens is 314 g/mol. The average Bonchev–Trinajstić information content (AvgIpc) is 2.52. The van der Waals surface area contributed by atoms with Crippen LogP contribution < -0.4 is 0 Å². The molecule has 0 spiro atoms. The first kappa shape index (κ1) is 16.0.